The van der Waals surface area contributed by atoms with Crippen LogP contribution in [0.25, 0.3) is 6.08 Å². The largest absolute Gasteiger partial charge is 0.255 e. The molecule has 1 nitrogen and oxygen atoms in total. The molecule has 1 aromatic rings. The smallest absolute Gasteiger partial charge is 0.0653 e. The third-order valence-corrected chi connectivity index (χ3v) is 1.71. The summed E-state index contributed by atoms with van der Waals surface area (Å²) in [6.07, 6.45) is 3.52. The molecule has 0 radical (unpaired) electrons. The van der Waals surface area contributed by atoms with E-state index in [0.717, 1.165) is 15.7 Å². The molecule has 0 unspecified atom stereocenters. The number of aromatic nitrogens is 1. The highest BCUT2D eigenvalue weighted by Crippen LogP contribution is 2.12. The Labute approximate surface area is 68.9 Å². The van der Waals surface area contributed by atoms with Gasteiger partial charge in [0.2, 0.25) is 0 Å². The fourth-order valence-corrected chi connectivity index (χ4v) is 1.21. The Bertz CT molecular complexity index is 255. The molecule has 1 rings (SSSR count). The number of halogens is 1. The summed E-state index contributed by atoms with van der Waals surface area (Å²) in [5.41, 5.74) is 2.09. The quantitative estimate of drug-likeness (QED) is 0.676. The Morgan fingerprint density at radius 1 is 1.70 bits per heavy atom. The van der Waals surface area contributed by atoms with Crippen LogP contribution in [0.1, 0.15) is 11.3 Å². The average molecular weight is 198 g/mol. The maximum absolute atomic E-state index is 4.13. The van der Waals surface area contributed by atoms with Crippen LogP contribution >= 0.6 is 15.9 Å². The van der Waals surface area contributed by atoms with E-state index in [0.29, 0.717) is 0 Å². The van der Waals surface area contributed by atoms with E-state index in [1.54, 1.807) is 12.3 Å². The van der Waals surface area contributed by atoms with Gasteiger partial charge >= 0.3 is 0 Å². The molecule has 0 spiro atoms. The molecule has 0 amide bonds. The van der Waals surface area contributed by atoms with Crippen molar-refractivity contribution in [1.82, 2.24) is 4.98 Å². The van der Waals surface area contributed by atoms with Crippen LogP contribution in [0.4, 0.5) is 0 Å². The molecule has 0 saturated heterocycles. The number of aryl methyl sites for hydroxylation is 1. The van der Waals surface area contributed by atoms with Gasteiger partial charge in [-0.05, 0) is 40.6 Å². The first kappa shape index (κ1) is 7.48. The van der Waals surface area contributed by atoms with E-state index in [1.165, 1.54) is 0 Å². The standard InChI is InChI=1S/C8H8BrN/c1-3-8-6(2)4-7(9)5-10-8/h3-5H,1H2,2H3. The van der Waals surface area contributed by atoms with E-state index in [4.69, 9.17) is 0 Å². The highest BCUT2D eigenvalue weighted by molar-refractivity contribution is 9.10. The van der Waals surface area contributed by atoms with Crippen LogP contribution in [0.15, 0.2) is 23.3 Å². The van der Waals surface area contributed by atoms with Gasteiger partial charge in [-0.3, -0.25) is 4.98 Å². The third-order valence-electron chi connectivity index (χ3n) is 1.28. The zero-order chi connectivity index (χ0) is 7.56. The van der Waals surface area contributed by atoms with Gasteiger partial charge in [-0.15, -0.1) is 0 Å². The van der Waals surface area contributed by atoms with Crippen LogP contribution in [0.3, 0.4) is 0 Å². The Morgan fingerprint density at radius 3 is 2.90 bits per heavy atom. The molecule has 0 saturated carbocycles. The Balaban J connectivity index is 3.19. The van der Waals surface area contributed by atoms with Crippen LogP contribution in [0.5, 0.6) is 0 Å². The first-order chi connectivity index (χ1) is 4.74. The molecule has 0 aliphatic carbocycles. The van der Waals surface area contributed by atoms with Crippen LogP contribution in [-0.2, 0) is 0 Å². The van der Waals surface area contributed by atoms with Crippen LogP contribution in [-0.4, -0.2) is 4.98 Å². The monoisotopic (exact) mass is 197 g/mol. The van der Waals surface area contributed by atoms with Crippen molar-refractivity contribution in [1.29, 1.82) is 0 Å². The van der Waals surface area contributed by atoms with Crippen LogP contribution < -0.4 is 0 Å². The molecule has 2 heteroatoms. The Morgan fingerprint density at radius 2 is 2.40 bits per heavy atom. The summed E-state index contributed by atoms with van der Waals surface area (Å²) in [6, 6.07) is 2.02. The summed E-state index contributed by atoms with van der Waals surface area (Å²) in [6.45, 7) is 5.65. The van der Waals surface area contributed by atoms with Crippen molar-refractivity contribution in [2.45, 2.75) is 6.92 Å². The first-order valence-electron chi connectivity index (χ1n) is 2.98. The molecular formula is C8H8BrN. The maximum Gasteiger partial charge on any atom is 0.0653 e. The summed E-state index contributed by atoms with van der Waals surface area (Å²) >= 11 is 3.33. The number of nitrogens with zero attached hydrogens (tertiary/aromatic N) is 1. The fraction of sp³-hybridized carbons (Fsp3) is 0.125. The second-order valence-electron chi connectivity index (χ2n) is 2.06. The molecule has 0 aromatic carbocycles. The number of rotatable bonds is 1. The minimum Gasteiger partial charge on any atom is -0.255 e. The van der Waals surface area contributed by atoms with Gasteiger partial charge in [-0.25, -0.2) is 0 Å². The first-order valence-corrected chi connectivity index (χ1v) is 3.78. The lowest BCUT2D eigenvalue weighted by Crippen LogP contribution is -1.84. The van der Waals surface area contributed by atoms with E-state index >= 15 is 0 Å². The molecule has 0 aliphatic rings. The van der Waals surface area contributed by atoms with Gasteiger partial charge in [-0.2, -0.15) is 0 Å². The summed E-state index contributed by atoms with van der Waals surface area (Å²) < 4.78 is 1.01. The topological polar surface area (TPSA) is 12.9 Å². The second kappa shape index (κ2) is 2.97. The molecule has 0 atom stereocenters. The molecular weight excluding hydrogens is 190 g/mol. The summed E-state index contributed by atoms with van der Waals surface area (Å²) in [5, 5.41) is 0. The molecule has 0 fully saturated rings. The van der Waals surface area contributed by atoms with E-state index in [1.807, 2.05) is 13.0 Å². The lowest BCUT2D eigenvalue weighted by atomic mass is 10.2. The molecule has 52 valence electrons. The molecule has 10 heavy (non-hydrogen) atoms. The van der Waals surface area contributed by atoms with Crippen molar-refractivity contribution in [2.75, 3.05) is 0 Å². The third kappa shape index (κ3) is 1.45. The zero-order valence-electron chi connectivity index (χ0n) is 5.76. The van der Waals surface area contributed by atoms with Gasteiger partial charge in [0.25, 0.3) is 0 Å². The fourth-order valence-electron chi connectivity index (χ4n) is 0.765. The normalized spacial score (nSPS) is 9.40. The van der Waals surface area contributed by atoms with E-state index < -0.39 is 0 Å². The highest BCUT2D eigenvalue weighted by atomic mass is 79.9. The Kier molecular flexibility index (Phi) is 2.22. The van der Waals surface area contributed by atoms with Gasteiger partial charge in [0, 0.05) is 10.7 Å². The van der Waals surface area contributed by atoms with Gasteiger partial charge in [0.15, 0.2) is 0 Å². The van der Waals surface area contributed by atoms with Crippen molar-refractivity contribution in [3.8, 4) is 0 Å². The predicted molar refractivity (Wildman–Crippen MR) is 46.8 cm³/mol. The Hall–Kier alpha value is -0.630. The lowest BCUT2D eigenvalue weighted by Gasteiger charge is -1.97. The predicted octanol–water partition coefficient (Wildman–Crippen LogP) is 2.80. The second-order valence-corrected chi connectivity index (χ2v) is 2.98. The summed E-state index contributed by atoms with van der Waals surface area (Å²) in [4.78, 5) is 4.13. The van der Waals surface area contributed by atoms with Crippen LogP contribution in [0.2, 0.25) is 0 Å². The van der Waals surface area contributed by atoms with Crippen molar-refractivity contribution >= 4 is 22.0 Å². The average Bonchev–Trinajstić information content (AvgIpc) is 1.88. The number of pyridine rings is 1. The highest BCUT2D eigenvalue weighted by Gasteiger charge is 1.93. The van der Waals surface area contributed by atoms with Gasteiger partial charge in [0.05, 0.1) is 5.69 Å². The van der Waals surface area contributed by atoms with Crippen molar-refractivity contribution < 1.29 is 0 Å². The molecule has 0 aliphatic heterocycles. The van der Waals surface area contributed by atoms with E-state index in [9.17, 15) is 0 Å². The molecule has 0 N–H and O–H groups in total. The maximum atomic E-state index is 4.13. The number of hydrogen-bond donors (Lipinski definition) is 0. The van der Waals surface area contributed by atoms with Gasteiger partial charge in [-0.1, -0.05) is 6.58 Å². The van der Waals surface area contributed by atoms with Gasteiger partial charge in [0.1, 0.15) is 0 Å². The number of hydrogen-bond acceptors (Lipinski definition) is 1. The molecule has 1 aromatic heterocycles. The van der Waals surface area contributed by atoms with Crippen molar-refractivity contribution in [2.24, 2.45) is 0 Å². The molecule has 1 heterocycles. The minimum absolute atomic E-state index is 0.947. The van der Waals surface area contributed by atoms with Crippen molar-refractivity contribution in [3.63, 3.8) is 0 Å². The summed E-state index contributed by atoms with van der Waals surface area (Å²) in [5.74, 6) is 0. The molecule has 0 bridgehead atoms. The minimum atomic E-state index is 0.947. The lowest BCUT2D eigenvalue weighted by molar-refractivity contribution is 1.22. The SMILES string of the molecule is C=Cc1ncc(Br)cc1C. The van der Waals surface area contributed by atoms with E-state index in [-0.39, 0.29) is 0 Å². The van der Waals surface area contributed by atoms with Crippen LogP contribution in [0, 0.1) is 6.92 Å². The van der Waals surface area contributed by atoms with E-state index in [2.05, 4.69) is 27.5 Å². The zero-order valence-corrected chi connectivity index (χ0v) is 7.35. The summed E-state index contributed by atoms with van der Waals surface area (Å²) in [7, 11) is 0. The van der Waals surface area contributed by atoms with Crippen molar-refractivity contribution in [3.05, 3.63) is 34.6 Å². The van der Waals surface area contributed by atoms with Gasteiger partial charge < -0.3 is 0 Å².